The zero-order valence-corrected chi connectivity index (χ0v) is 21.0. The molecule has 35 heavy (non-hydrogen) atoms. The van der Waals surface area contributed by atoms with Crippen molar-refractivity contribution >= 4 is 0 Å². The molecule has 0 radical (unpaired) electrons. The van der Waals surface area contributed by atoms with Crippen LogP contribution in [-0.4, -0.2) is 95.2 Å². The molecule has 2 bridgehead atoms. The van der Waals surface area contributed by atoms with Crippen molar-refractivity contribution in [3.8, 4) is 0 Å². The third-order valence-electron chi connectivity index (χ3n) is 6.64. The van der Waals surface area contributed by atoms with Crippen LogP contribution in [0.25, 0.3) is 0 Å². The van der Waals surface area contributed by atoms with Crippen molar-refractivity contribution < 1.29 is 37.9 Å². The molecule has 3 saturated heterocycles. The van der Waals surface area contributed by atoms with Gasteiger partial charge in [-0.05, 0) is 32.3 Å². The molecular weight excluding hydrogens is 454 g/mol. The van der Waals surface area contributed by atoms with Crippen molar-refractivity contribution in [1.82, 2.24) is 0 Å². The summed E-state index contributed by atoms with van der Waals surface area (Å²) in [6.45, 7) is 9.09. The Kier molecular flexibility index (Phi) is 9.91. The van der Waals surface area contributed by atoms with E-state index in [0.717, 1.165) is 18.4 Å². The third kappa shape index (κ3) is 7.44. The van der Waals surface area contributed by atoms with E-state index in [-0.39, 0.29) is 24.4 Å². The van der Waals surface area contributed by atoms with E-state index in [2.05, 4.69) is 0 Å². The average molecular weight is 496 g/mol. The van der Waals surface area contributed by atoms with Crippen molar-refractivity contribution in [3.63, 3.8) is 0 Å². The van der Waals surface area contributed by atoms with Gasteiger partial charge in [0.2, 0.25) is 0 Å². The van der Waals surface area contributed by atoms with Gasteiger partial charge in [0.25, 0.3) is 0 Å². The van der Waals surface area contributed by atoms with E-state index in [4.69, 9.17) is 43.6 Å². The number of nitrogens with two attached hydrogens (primary N) is 1. The fraction of sp³-hybridized carbons (Fsp3) is 0.769. The first-order valence-corrected chi connectivity index (χ1v) is 12.7. The second-order valence-electron chi connectivity index (χ2n) is 9.79. The molecule has 3 heterocycles. The molecule has 0 aromatic heterocycles. The Hall–Kier alpha value is -1.14. The molecule has 5 atom stereocenters. The molecule has 3 fully saturated rings. The Morgan fingerprint density at radius 1 is 0.800 bits per heavy atom. The first-order chi connectivity index (χ1) is 17.0. The Morgan fingerprint density at radius 3 is 2.06 bits per heavy atom. The highest BCUT2D eigenvalue weighted by atomic mass is 16.8. The summed E-state index contributed by atoms with van der Waals surface area (Å²) >= 11 is 0. The summed E-state index contributed by atoms with van der Waals surface area (Å²) < 4.78 is 46.7. The molecule has 0 aliphatic carbocycles. The van der Waals surface area contributed by atoms with Gasteiger partial charge in [-0.1, -0.05) is 30.3 Å². The number of hydrogen-bond acceptors (Lipinski definition) is 9. The van der Waals surface area contributed by atoms with E-state index >= 15 is 0 Å². The first-order valence-electron chi connectivity index (χ1n) is 12.7. The Bertz CT molecular complexity index is 750. The van der Waals surface area contributed by atoms with Crippen molar-refractivity contribution in [1.29, 1.82) is 0 Å². The average Bonchev–Trinajstić information content (AvgIpc) is 3.41. The van der Waals surface area contributed by atoms with Crippen LogP contribution in [0.5, 0.6) is 0 Å². The highest BCUT2D eigenvalue weighted by molar-refractivity contribution is 5.13. The van der Waals surface area contributed by atoms with Gasteiger partial charge >= 0.3 is 0 Å². The maximum atomic E-state index is 6.37. The molecule has 3 aliphatic rings. The summed E-state index contributed by atoms with van der Waals surface area (Å²) in [5.74, 6) is -0.655. The minimum Gasteiger partial charge on any atom is -0.377 e. The SMILES string of the molecule is CC1(C)O[C@@H]2[C@@H](N)[C@H]3CC[C@](COCCOCCOCCOCCOCc4ccccc4)(O3)[C@@H]2O1. The summed E-state index contributed by atoms with van der Waals surface area (Å²) in [5.41, 5.74) is 7.04. The van der Waals surface area contributed by atoms with Crippen LogP contribution >= 0.6 is 0 Å². The van der Waals surface area contributed by atoms with Crippen LogP contribution in [0.4, 0.5) is 0 Å². The second-order valence-corrected chi connectivity index (χ2v) is 9.79. The predicted molar refractivity (Wildman–Crippen MR) is 128 cm³/mol. The highest BCUT2D eigenvalue weighted by Crippen LogP contribution is 2.49. The summed E-state index contributed by atoms with van der Waals surface area (Å²) in [6.07, 6.45) is 1.40. The van der Waals surface area contributed by atoms with Crippen LogP contribution < -0.4 is 5.73 Å². The van der Waals surface area contributed by atoms with E-state index < -0.39 is 11.4 Å². The Morgan fingerprint density at radius 2 is 1.40 bits per heavy atom. The zero-order valence-electron chi connectivity index (χ0n) is 21.0. The standard InChI is InChI=1S/C26H41NO8/c1-25(2)34-23-22(27)21-8-9-26(33-21,24(23)35-25)19-32-17-15-30-13-11-28-10-12-29-14-16-31-18-20-6-4-3-5-7-20/h3-7,21-24H,8-19,27H2,1-2H3/t21-,22+,23-,24-,26-/m1/s1. The monoisotopic (exact) mass is 495 g/mol. The second kappa shape index (κ2) is 12.9. The minimum atomic E-state index is -0.655. The fourth-order valence-corrected chi connectivity index (χ4v) is 4.95. The molecule has 9 heteroatoms. The van der Waals surface area contributed by atoms with E-state index in [0.29, 0.717) is 66.1 Å². The van der Waals surface area contributed by atoms with Gasteiger partial charge in [-0.25, -0.2) is 0 Å². The Balaban J connectivity index is 0.970. The van der Waals surface area contributed by atoms with Crippen molar-refractivity contribution in [2.24, 2.45) is 5.73 Å². The molecule has 1 aromatic rings. The lowest BCUT2D eigenvalue weighted by atomic mass is 9.88. The van der Waals surface area contributed by atoms with Crippen molar-refractivity contribution in [2.45, 2.75) is 69.0 Å². The van der Waals surface area contributed by atoms with Crippen LogP contribution in [0.1, 0.15) is 32.3 Å². The smallest absolute Gasteiger partial charge is 0.163 e. The van der Waals surface area contributed by atoms with E-state index in [1.165, 1.54) is 0 Å². The molecule has 0 saturated carbocycles. The van der Waals surface area contributed by atoms with Gasteiger partial charge in [0, 0.05) is 0 Å². The number of benzene rings is 1. The maximum absolute atomic E-state index is 6.37. The summed E-state index contributed by atoms with van der Waals surface area (Å²) in [7, 11) is 0. The lowest BCUT2D eigenvalue weighted by Gasteiger charge is -2.43. The number of hydrogen-bond donors (Lipinski definition) is 1. The quantitative estimate of drug-likeness (QED) is 0.345. The van der Waals surface area contributed by atoms with E-state index in [9.17, 15) is 0 Å². The largest absolute Gasteiger partial charge is 0.377 e. The highest BCUT2D eigenvalue weighted by Gasteiger charge is 2.63. The van der Waals surface area contributed by atoms with Crippen LogP contribution in [0.2, 0.25) is 0 Å². The lowest BCUT2D eigenvalue weighted by Crippen LogP contribution is -2.63. The number of ether oxygens (including phenoxy) is 8. The van der Waals surface area contributed by atoms with Gasteiger partial charge in [0.15, 0.2) is 5.79 Å². The maximum Gasteiger partial charge on any atom is 0.163 e. The Labute approximate surface area is 208 Å². The molecule has 198 valence electrons. The summed E-state index contributed by atoms with van der Waals surface area (Å²) in [4.78, 5) is 0. The number of fused-ring (bicyclic) bond motifs is 4. The van der Waals surface area contributed by atoms with Gasteiger partial charge < -0.3 is 43.6 Å². The first kappa shape index (κ1) is 26.9. The molecule has 9 nitrogen and oxygen atoms in total. The molecule has 4 rings (SSSR count). The zero-order chi connectivity index (χ0) is 24.6. The number of rotatable bonds is 16. The van der Waals surface area contributed by atoms with Crippen molar-refractivity contribution in [3.05, 3.63) is 35.9 Å². The van der Waals surface area contributed by atoms with Gasteiger partial charge in [-0.2, -0.15) is 0 Å². The molecular formula is C26H41NO8. The molecule has 3 aliphatic heterocycles. The van der Waals surface area contributed by atoms with E-state index in [1.807, 2.05) is 44.2 Å². The van der Waals surface area contributed by atoms with Crippen molar-refractivity contribution in [2.75, 3.05) is 59.5 Å². The summed E-state index contributed by atoms with van der Waals surface area (Å²) in [5, 5.41) is 0. The predicted octanol–water partition coefficient (Wildman–Crippen LogP) is 2.05. The molecule has 2 N–H and O–H groups in total. The topological polar surface area (TPSA) is 99.9 Å². The van der Waals surface area contributed by atoms with E-state index in [1.54, 1.807) is 0 Å². The van der Waals surface area contributed by atoms with Crippen LogP contribution in [0.15, 0.2) is 30.3 Å². The summed E-state index contributed by atoms with van der Waals surface area (Å²) in [6, 6.07) is 9.93. The third-order valence-corrected chi connectivity index (χ3v) is 6.64. The van der Waals surface area contributed by atoms with Gasteiger partial charge in [0.1, 0.15) is 17.8 Å². The van der Waals surface area contributed by atoms with Crippen LogP contribution in [-0.2, 0) is 44.5 Å². The molecule has 0 spiro atoms. The van der Waals surface area contributed by atoms with Gasteiger partial charge in [-0.3, -0.25) is 0 Å². The molecule has 1 aromatic carbocycles. The van der Waals surface area contributed by atoms with Crippen LogP contribution in [0, 0.1) is 0 Å². The fourth-order valence-electron chi connectivity index (χ4n) is 4.95. The van der Waals surface area contributed by atoms with Crippen LogP contribution in [0.3, 0.4) is 0 Å². The van der Waals surface area contributed by atoms with Gasteiger partial charge in [-0.15, -0.1) is 0 Å². The molecule has 0 amide bonds. The minimum absolute atomic E-state index is 0.00320. The van der Waals surface area contributed by atoms with Gasteiger partial charge in [0.05, 0.1) is 78.2 Å². The normalized spacial score (nSPS) is 31.1. The molecule has 0 unspecified atom stereocenters. The lowest BCUT2D eigenvalue weighted by molar-refractivity contribution is -0.203.